The predicted octanol–water partition coefficient (Wildman–Crippen LogP) is 0.957. The molecule has 0 saturated carbocycles. The van der Waals surface area contributed by atoms with E-state index in [-0.39, 0.29) is 0 Å². The number of carboxylic acids is 1. The highest BCUT2D eigenvalue weighted by atomic mass is 16.4. The number of carbonyl (C=O) groups is 1. The molecule has 0 aliphatic rings. The normalized spacial score (nSPS) is 12.3. The Hall–Kier alpha value is -2.14. The van der Waals surface area contributed by atoms with Gasteiger partial charge in [-0.25, -0.2) is 4.98 Å². The molecule has 0 bridgehead atoms. The van der Waals surface area contributed by atoms with Gasteiger partial charge >= 0.3 is 5.97 Å². The molecule has 5 heteroatoms. The van der Waals surface area contributed by atoms with E-state index in [9.17, 15) is 4.79 Å². The van der Waals surface area contributed by atoms with Crippen LogP contribution in [-0.4, -0.2) is 20.6 Å². The summed E-state index contributed by atoms with van der Waals surface area (Å²) in [6, 6.07) is 8.42. The van der Waals surface area contributed by atoms with E-state index < -0.39 is 12.0 Å². The number of carboxylic acid groups (broad SMARTS) is 1. The molecule has 3 N–H and O–H groups in total. The lowest BCUT2D eigenvalue weighted by Gasteiger charge is -2.02. The van der Waals surface area contributed by atoms with Crippen LogP contribution in [0.15, 0.2) is 42.9 Å². The van der Waals surface area contributed by atoms with Crippen LogP contribution in [0.1, 0.15) is 11.7 Å². The maximum atomic E-state index is 10.7. The Morgan fingerprint density at radius 3 is 2.69 bits per heavy atom. The molecule has 0 radical (unpaired) electrons. The predicted molar refractivity (Wildman–Crippen MR) is 58.1 cm³/mol. The number of nitrogens with zero attached hydrogens (tertiary/aromatic N) is 2. The molecule has 82 valence electrons. The molecule has 0 amide bonds. The Balaban J connectivity index is 2.30. The van der Waals surface area contributed by atoms with Gasteiger partial charge in [-0.3, -0.25) is 4.79 Å². The van der Waals surface area contributed by atoms with Crippen LogP contribution in [0, 0.1) is 0 Å². The second kappa shape index (κ2) is 4.16. The summed E-state index contributed by atoms with van der Waals surface area (Å²) in [6.07, 6.45) is 3.17. The van der Waals surface area contributed by atoms with Crippen molar-refractivity contribution in [3.05, 3.63) is 48.5 Å². The third-order valence-electron chi connectivity index (χ3n) is 2.24. The number of hydrogen-bond acceptors (Lipinski definition) is 3. The Labute approximate surface area is 92.2 Å². The van der Waals surface area contributed by atoms with Gasteiger partial charge in [0.2, 0.25) is 0 Å². The average Bonchev–Trinajstić information content (AvgIpc) is 2.78. The second-order valence-corrected chi connectivity index (χ2v) is 3.36. The number of hydrogen-bond donors (Lipinski definition) is 2. The quantitative estimate of drug-likeness (QED) is 0.802. The van der Waals surface area contributed by atoms with Gasteiger partial charge in [-0.1, -0.05) is 18.2 Å². The molecule has 0 fully saturated rings. The highest BCUT2D eigenvalue weighted by Gasteiger charge is 2.16. The van der Waals surface area contributed by atoms with E-state index in [4.69, 9.17) is 10.8 Å². The highest BCUT2D eigenvalue weighted by Crippen LogP contribution is 2.12. The van der Waals surface area contributed by atoms with Crippen molar-refractivity contribution in [2.24, 2.45) is 5.73 Å². The maximum Gasteiger partial charge on any atom is 0.326 e. The molecule has 1 aromatic carbocycles. The number of para-hydroxylation sites is 1. The highest BCUT2D eigenvalue weighted by molar-refractivity contribution is 5.74. The van der Waals surface area contributed by atoms with Crippen LogP contribution < -0.4 is 5.73 Å². The number of aromatic nitrogens is 2. The van der Waals surface area contributed by atoms with Crippen LogP contribution in [0.4, 0.5) is 0 Å². The molecule has 0 saturated heterocycles. The molecule has 5 nitrogen and oxygen atoms in total. The number of nitrogens with two attached hydrogens (primary N) is 1. The zero-order valence-corrected chi connectivity index (χ0v) is 8.45. The van der Waals surface area contributed by atoms with E-state index in [1.807, 2.05) is 30.3 Å². The van der Waals surface area contributed by atoms with Gasteiger partial charge in [-0.05, 0) is 12.1 Å². The molecule has 0 aliphatic heterocycles. The minimum Gasteiger partial charge on any atom is -0.480 e. The van der Waals surface area contributed by atoms with Crippen molar-refractivity contribution in [3.8, 4) is 5.69 Å². The Bertz CT molecular complexity index is 493. The van der Waals surface area contributed by atoms with Crippen LogP contribution >= 0.6 is 0 Å². The lowest BCUT2D eigenvalue weighted by Crippen LogP contribution is -2.20. The SMILES string of the molecule is NC(C(=O)O)c1cn(-c2ccccc2)cn1. The molecule has 16 heavy (non-hydrogen) atoms. The molecule has 0 aliphatic carbocycles. The molecule has 2 aromatic rings. The number of rotatable bonds is 3. The average molecular weight is 217 g/mol. The van der Waals surface area contributed by atoms with E-state index in [1.165, 1.54) is 0 Å². The molecule has 1 aromatic heterocycles. The van der Waals surface area contributed by atoms with Gasteiger partial charge in [-0.15, -0.1) is 0 Å². The van der Waals surface area contributed by atoms with E-state index in [0.717, 1.165) is 5.69 Å². The van der Waals surface area contributed by atoms with Gasteiger partial charge in [-0.2, -0.15) is 0 Å². The Morgan fingerprint density at radius 2 is 2.06 bits per heavy atom. The smallest absolute Gasteiger partial charge is 0.326 e. The van der Waals surface area contributed by atoms with Crippen LogP contribution in [0.25, 0.3) is 5.69 Å². The van der Waals surface area contributed by atoms with Crippen LogP contribution in [0.2, 0.25) is 0 Å². The van der Waals surface area contributed by atoms with Gasteiger partial charge in [0.25, 0.3) is 0 Å². The lowest BCUT2D eigenvalue weighted by atomic mass is 10.2. The summed E-state index contributed by atoms with van der Waals surface area (Å²) in [4.78, 5) is 14.6. The van der Waals surface area contributed by atoms with Crippen molar-refractivity contribution in [2.75, 3.05) is 0 Å². The first-order chi connectivity index (χ1) is 7.68. The van der Waals surface area contributed by atoms with Crippen LogP contribution in [-0.2, 0) is 4.79 Å². The minimum atomic E-state index is -1.08. The standard InChI is InChI=1S/C11H11N3O2/c12-10(11(15)16)9-6-14(7-13-9)8-4-2-1-3-5-8/h1-7,10H,12H2,(H,15,16). The lowest BCUT2D eigenvalue weighted by molar-refractivity contribution is -0.138. The van der Waals surface area contributed by atoms with Crippen molar-refractivity contribution in [1.29, 1.82) is 0 Å². The van der Waals surface area contributed by atoms with E-state index in [1.54, 1.807) is 17.1 Å². The largest absolute Gasteiger partial charge is 0.480 e. The van der Waals surface area contributed by atoms with Gasteiger partial charge in [0.15, 0.2) is 0 Å². The first kappa shape index (κ1) is 10.4. The van der Waals surface area contributed by atoms with Gasteiger partial charge in [0.1, 0.15) is 6.04 Å². The van der Waals surface area contributed by atoms with E-state index in [2.05, 4.69) is 4.98 Å². The van der Waals surface area contributed by atoms with Crippen LogP contribution in [0.3, 0.4) is 0 Å². The minimum absolute atomic E-state index is 0.344. The Morgan fingerprint density at radius 1 is 1.38 bits per heavy atom. The van der Waals surface area contributed by atoms with Crippen LogP contribution in [0.5, 0.6) is 0 Å². The second-order valence-electron chi connectivity index (χ2n) is 3.36. The fourth-order valence-electron chi connectivity index (χ4n) is 1.37. The monoisotopic (exact) mass is 217 g/mol. The number of imidazole rings is 1. The van der Waals surface area contributed by atoms with Gasteiger partial charge in [0, 0.05) is 11.9 Å². The third kappa shape index (κ3) is 1.94. The van der Waals surface area contributed by atoms with Gasteiger partial charge in [0.05, 0.1) is 12.0 Å². The summed E-state index contributed by atoms with van der Waals surface area (Å²) < 4.78 is 1.73. The summed E-state index contributed by atoms with van der Waals surface area (Å²) in [5.41, 5.74) is 6.71. The Kier molecular flexibility index (Phi) is 2.70. The molecule has 1 unspecified atom stereocenters. The zero-order chi connectivity index (χ0) is 11.5. The van der Waals surface area contributed by atoms with Gasteiger partial charge < -0.3 is 15.4 Å². The molecular formula is C11H11N3O2. The molecule has 0 spiro atoms. The fourth-order valence-corrected chi connectivity index (χ4v) is 1.37. The van der Waals surface area contributed by atoms with E-state index >= 15 is 0 Å². The summed E-state index contributed by atoms with van der Waals surface area (Å²) >= 11 is 0. The van der Waals surface area contributed by atoms with Crippen molar-refractivity contribution >= 4 is 5.97 Å². The summed E-state index contributed by atoms with van der Waals surface area (Å²) in [7, 11) is 0. The van der Waals surface area contributed by atoms with Crippen molar-refractivity contribution in [2.45, 2.75) is 6.04 Å². The molecule has 1 heterocycles. The topological polar surface area (TPSA) is 81.1 Å². The van der Waals surface area contributed by atoms with Crippen molar-refractivity contribution in [1.82, 2.24) is 9.55 Å². The number of benzene rings is 1. The fraction of sp³-hybridized carbons (Fsp3) is 0.0909. The van der Waals surface area contributed by atoms with E-state index in [0.29, 0.717) is 5.69 Å². The molecule has 2 rings (SSSR count). The molecular weight excluding hydrogens is 206 g/mol. The summed E-state index contributed by atoms with van der Waals surface area (Å²) in [5, 5.41) is 8.74. The maximum absolute atomic E-state index is 10.7. The first-order valence-corrected chi connectivity index (χ1v) is 4.76. The van der Waals surface area contributed by atoms with Crippen molar-refractivity contribution in [3.63, 3.8) is 0 Å². The third-order valence-corrected chi connectivity index (χ3v) is 2.24. The number of aliphatic carboxylic acids is 1. The zero-order valence-electron chi connectivity index (χ0n) is 8.45. The summed E-state index contributed by atoms with van der Waals surface area (Å²) in [6.45, 7) is 0. The first-order valence-electron chi connectivity index (χ1n) is 4.76. The van der Waals surface area contributed by atoms with Crippen molar-refractivity contribution < 1.29 is 9.90 Å². The summed E-state index contributed by atoms with van der Waals surface area (Å²) in [5.74, 6) is -1.08. The molecule has 1 atom stereocenters.